The first-order valence-electron chi connectivity index (χ1n) is 14.2. The van der Waals surface area contributed by atoms with Crippen molar-refractivity contribution in [1.82, 2.24) is 14.8 Å². The van der Waals surface area contributed by atoms with Crippen LogP contribution in [0.4, 0.5) is 19.7 Å². The van der Waals surface area contributed by atoms with Crippen molar-refractivity contribution >= 4 is 46.8 Å². The molecule has 1 aliphatic heterocycles. The van der Waals surface area contributed by atoms with E-state index in [1.807, 2.05) is 30.0 Å². The summed E-state index contributed by atoms with van der Waals surface area (Å²) in [7, 11) is 0. The lowest BCUT2D eigenvalue weighted by Crippen LogP contribution is -2.59. The number of aliphatic imine (C=N–C) groups is 1. The molecule has 1 aliphatic rings. The number of nitrogens with one attached hydrogen (secondary N) is 1. The number of benzene rings is 2. The van der Waals surface area contributed by atoms with E-state index in [0.717, 1.165) is 11.1 Å². The zero-order valence-corrected chi connectivity index (χ0v) is 26.5. The minimum atomic E-state index is -1.03. The van der Waals surface area contributed by atoms with Gasteiger partial charge in [0.05, 0.1) is 16.3 Å². The lowest BCUT2D eigenvalue weighted by atomic mass is 9.93. The third-order valence-electron chi connectivity index (χ3n) is 7.62. The Morgan fingerprint density at radius 2 is 1.56 bits per heavy atom. The minimum absolute atomic E-state index is 0.0276. The number of aromatic nitrogens is 1. The van der Waals surface area contributed by atoms with Crippen molar-refractivity contribution in [3.8, 4) is 11.3 Å². The van der Waals surface area contributed by atoms with E-state index >= 15 is 0 Å². The Morgan fingerprint density at radius 3 is 2.14 bits per heavy atom. The second-order valence-corrected chi connectivity index (χ2v) is 12.2. The number of para-hydroxylation sites is 1. The second-order valence-electron chi connectivity index (χ2n) is 11.4. The number of carboxylic acid groups (broad SMARTS) is 1. The monoisotopic (exact) mass is 627 g/mol. The van der Waals surface area contributed by atoms with Gasteiger partial charge in [-0.05, 0) is 55.0 Å². The summed E-state index contributed by atoms with van der Waals surface area (Å²) >= 11 is 13.4. The maximum Gasteiger partial charge on any atom is 0.407 e. The van der Waals surface area contributed by atoms with Gasteiger partial charge in [-0.15, -0.1) is 0 Å². The van der Waals surface area contributed by atoms with E-state index in [1.54, 1.807) is 25.1 Å². The van der Waals surface area contributed by atoms with Gasteiger partial charge in [-0.3, -0.25) is 0 Å². The van der Waals surface area contributed by atoms with Crippen molar-refractivity contribution in [1.29, 1.82) is 0 Å². The van der Waals surface area contributed by atoms with E-state index in [9.17, 15) is 19.1 Å². The number of hydrogen-bond donors (Lipinski definition) is 2. The van der Waals surface area contributed by atoms with E-state index in [0.29, 0.717) is 5.69 Å². The smallest absolute Gasteiger partial charge is 0.407 e. The van der Waals surface area contributed by atoms with Gasteiger partial charge in [0, 0.05) is 36.4 Å². The van der Waals surface area contributed by atoms with Gasteiger partial charge in [0.25, 0.3) is 0 Å². The summed E-state index contributed by atoms with van der Waals surface area (Å²) < 4.78 is 14.6. The molecule has 11 heteroatoms. The molecule has 0 spiro atoms. The van der Waals surface area contributed by atoms with Gasteiger partial charge in [-0.2, -0.15) is 4.99 Å². The SMILES string of the molecule is CC(C)c1cccc(C(C)C)c1NC(=O)N=C(c1cc(Cl)c(-c2ccccc2F)nc1Cl)N1C[C@@H](C)N(C(=O)O)C[C@@H]1C. The molecule has 0 bridgehead atoms. The Morgan fingerprint density at radius 1 is 0.977 bits per heavy atom. The molecule has 2 aromatic carbocycles. The number of piperazine rings is 1. The summed E-state index contributed by atoms with van der Waals surface area (Å²) in [5.41, 5.74) is 3.26. The van der Waals surface area contributed by atoms with E-state index in [-0.39, 0.29) is 63.8 Å². The van der Waals surface area contributed by atoms with Crippen LogP contribution in [0.1, 0.15) is 70.1 Å². The molecule has 43 heavy (non-hydrogen) atoms. The van der Waals surface area contributed by atoms with E-state index < -0.39 is 24.0 Å². The highest BCUT2D eigenvalue weighted by Gasteiger charge is 2.35. The molecule has 0 saturated carbocycles. The minimum Gasteiger partial charge on any atom is -0.465 e. The molecule has 1 fully saturated rings. The van der Waals surface area contributed by atoms with Crippen molar-refractivity contribution in [2.75, 3.05) is 18.4 Å². The number of carbonyl (C=O) groups is 2. The van der Waals surface area contributed by atoms with Gasteiger partial charge >= 0.3 is 12.1 Å². The molecule has 3 amide bonds. The third-order valence-corrected chi connectivity index (χ3v) is 8.19. The van der Waals surface area contributed by atoms with Crippen LogP contribution >= 0.6 is 23.2 Å². The Labute approximate surface area is 261 Å². The molecule has 1 aromatic heterocycles. The van der Waals surface area contributed by atoms with Crippen LogP contribution in [-0.2, 0) is 0 Å². The molecule has 3 aromatic rings. The molecule has 8 nitrogen and oxygen atoms in total. The van der Waals surface area contributed by atoms with Gasteiger partial charge < -0.3 is 20.2 Å². The Balaban J connectivity index is 1.84. The number of urea groups is 1. The van der Waals surface area contributed by atoms with Gasteiger partial charge in [0.1, 0.15) is 16.8 Å². The molecule has 4 rings (SSSR count). The fourth-order valence-corrected chi connectivity index (χ4v) is 5.84. The standard InChI is InChI=1S/C32H36Cl2FN5O3/c1-17(2)21-11-9-12-22(18(3)4)27(21)37-31(41)38-30(39-15-20(6)40(32(42)43)16-19(39)5)24-14-25(33)28(36-29(24)34)23-10-7-8-13-26(23)35/h7-14,17-20H,15-16H2,1-6H3,(H,37,41)(H,42,43)/t19-,20+/m0/s1. The molecular formula is C32H36Cl2FN5O3. The van der Waals surface area contributed by atoms with E-state index in [2.05, 4.69) is 43.0 Å². The third kappa shape index (κ3) is 6.94. The largest absolute Gasteiger partial charge is 0.465 e. The summed E-state index contributed by atoms with van der Waals surface area (Å²) in [6.07, 6.45) is -1.03. The average Bonchev–Trinajstić information content (AvgIpc) is 2.94. The number of nitrogens with zero attached hydrogens (tertiary/aromatic N) is 4. The van der Waals surface area contributed by atoms with Gasteiger partial charge in [-0.25, -0.2) is 19.0 Å². The van der Waals surface area contributed by atoms with Crippen LogP contribution in [0.3, 0.4) is 0 Å². The Bertz CT molecular complexity index is 1540. The predicted molar refractivity (Wildman–Crippen MR) is 170 cm³/mol. The number of amides is 3. The van der Waals surface area contributed by atoms with Crippen molar-refractivity contribution < 1.29 is 19.1 Å². The molecule has 2 atom stereocenters. The summed E-state index contributed by atoms with van der Waals surface area (Å²) in [5.74, 6) is -0.0305. The van der Waals surface area contributed by atoms with Crippen LogP contribution in [0.2, 0.25) is 10.2 Å². The van der Waals surface area contributed by atoms with E-state index in [4.69, 9.17) is 23.2 Å². The normalized spacial score (nSPS) is 17.5. The fraction of sp³-hybridized carbons (Fsp3) is 0.375. The molecule has 0 radical (unpaired) electrons. The van der Waals surface area contributed by atoms with Gasteiger partial charge in [-0.1, -0.05) is 81.2 Å². The number of rotatable bonds is 5. The maximum absolute atomic E-state index is 14.6. The van der Waals surface area contributed by atoms with Crippen LogP contribution < -0.4 is 5.32 Å². The van der Waals surface area contributed by atoms with Crippen molar-refractivity contribution in [2.45, 2.75) is 65.5 Å². The van der Waals surface area contributed by atoms with Gasteiger partial charge in [0.15, 0.2) is 0 Å². The summed E-state index contributed by atoms with van der Waals surface area (Å²) in [5, 5.41) is 12.8. The first-order valence-corrected chi connectivity index (χ1v) is 15.0. The summed E-state index contributed by atoms with van der Waals surface area (Å²) in [4.78, 5) is 37.7. The second kappa shape index (κ2) is 13.3. The van der Waals surface area contributed by atoms with Crippen molar-refractivity contribution in [3.63, 3.8) is 0 Å². The highest BCUT2D eigenvalue weighted by Crippen LogP contribution is 2.35. The number of carbonyl (C=O) groups excluding carboxylic acids is 1. The average molecular weight is 629 g/mol. The molecule has 2 heterocycles. The lowest BCUT2D eigenvalue weighted by Gasteiger charge is -2.44. The molecule has 0 aliphatic carbocycles. The number of anilines is 1. The van der Waals surface area contributed by atoms with Gasteiger partial charge in [0.2, 0.25) is 0 Å². The van der Waals surface area contributed by atoms with Crippen LogP contribution in [0.5, 0.6) is 0 Å². The maximum atomic E-state index is 14.6. The predicted octanol–water partition coefficient (Wildman–Crippen LogP) is 8.49. The number of pyridine rings is 1. The van der Waals surface area contributed by atoms with E-state index in [1.165, 1.54) is 17.0 Å². The summed E-state index contributed by atoms with van der Waals surface area (Å²) in [6.45, 7) is 12.3. The molecular weight excluding hydrogens is 592 g/mol. The van der Waals surface area contributed by atoms with Crippen molar-refractivity contribution in [2.24, 2.45) is 4.99 Å². The summed E-state index contributed by atoms with van der Waals surface area (Å²) in [6, 6.07) is 12.1. The zero-order chi connectivity index (χ0) is 31.6. The highest BCUT2D eigenvalue weighted by molar-refractivity contribution is 6.36. The Kier molecular flexibility index (Phi) is 9.97. The number of amidine groups is 1. The van der Waals surface area contributed by atoms with Crippen LogP contribution in [-0.4, -0.2) is 63.0 Å². The fourth-order valence-electron chi connectivity index (χ4n) is 5.36. The first kappa shape index (κ1) is 32.2. The van der Waals surface area contributed by atoms with Crippen molar-refractivity contribution in [3.05, 3.63) is 81.2 Å². The van der Waals surface area contributed by atoms with Crippen LogP contribution in [0.15, 0.2) is 53.5 Å². The topological polar surface area (TPSA) is 98.1 Å². The highest BCUT2D eigenvalue weighted by atomic mass is 35.5. The molecule has 0 unspecified atom stereocenters. The van der Waals surface area contributed by atoms with Crippen LogP contribution in [0.25, 0.3) is 11.3 Å². The quantitative estimate of drug-likeness (QED) is 0.168. The molecule has 2 N–H and O–H groups in total. The lowest BCUT2D eigenvalue weighted by molar-refractivity contribution is 0.0750. The van der Waals surface area contributed by atoms with Crippen LogP contribution in [0, 0.1) is 5.82 Å². The molecule has 228 valence electrons. The Hall–Kier alpha value is -3.69. The number of hydrogen-bond acceptors (Lipinski definition) is 3. The molecule has 1 saturated heterocycles. The first-order chi connectivity index (χ1) is 20.3. The number of halogens is 3. The zero-order valence-electron chi connectivity index (χ0n) is 25.0.